The van der Waals surface area contributed by atoms with Crippen molar-refractivity contribution in [3.63, 3.8) is 0 Å². The van der Waals surface area contributed by atoms with Crippen LogP contribution >= 0.6 is 0 Å². The zero-order chi connectivity index (χ0) is 10.6. The van der Waals surface area contributed by atoms with Gasteiger partial charge in [0.2, 0.25) is 0 Å². The summed E-state index contributed by atoms with van der Waals surface area (Å²) in [6.45, 7) is 8.15. The van der Waals surface area contributed by atoms with Crippen molar-refractivity contribution in [2.24, 2.45) is 0 Å². The van der Waals surface area contributed by atoms with Gasteiger partial charge in [0.25, 0.3) is 0 Å². The first kappa shape index (κ1) is 10.6. The Labute approximate surface area is 86.7 Å². The molecular formula is C14H16. The van der Waals surface area contributed by atoms with Gasteiger partial charge in [-0.1, -0.05) is 36.4 Å². The number of benzene rings is 1. The molecule has 0 aliphatic rings. The van der Waals surface area contributed by atoms with Crippen molar-refractivity contribution < 1.29 is 0 Å². The minimum absolute atomic E-state index is 0.307. The van der Waals surface area contributed by atoms with Crippen molar-refractivity contribution in [3.8, 4) is 12.3 Å². The molecule has 0 N–H and O–H groups in total. The molecule has 0 fully saturated rings. The summed E-state index contributed by atoms with van der Waals surface area (Å²) in [5.74, 6) is 3.02. The molecule has 0 aromatic heterocycles. The first-order chi connectivity index (χ1) is 6.66. The van der Waals surface area contributed by atoms with E-state index in [4.69, 9.17) is 6.42 Å². The molecule has 1 unspecified atom stereocenters. The van der Waals surface area contributed by atoms with Gasteiger partial charge in [-0.2, -0.15) is 0 Å². The normalized spacial score (nSPS) is 11.8. The SMILES string of the molecule is C#CCC(C(=C)C)c1ccccc1C. The highest BCUT2D eigenvalue weighted by atomic mass is 14.2. The Morgan fingerprint density at radius 3 is 2.64 bits per heavy atom. The van der Waals surface area contributed by atoms with Crippen LogP contribution in [0.25, 0.3) is 0 Å². The average Bonchev–Trinajstić information content (AvgIpc) is 2.15. The molecule has 1 aromatic rings. The molecule has 1 rings (SSSR count). The minimum Gasteiger partial charge on any atom is -0.120 e. The van der Waals surface area contributed by atoms with E-state index in [1.807, 2.05) is 13.0 Å². The van der Waals surface area contributed by atoms with Crippen LogP contribution in [-0.4, -0.2) is 0 Å². The molecule has 0 heterocycles. The second-order valence-corrected chi connectivity index (χ2v) is 3.66. The van der Waals surface area contributed by atoms with E-state index >= 15 is 0 Å². The van der Waals surface area contributed by atoms with Crippen LogP contribution in [0.15, 0.2) is 36.4 Å². The van der Waals surface area contributed by atoms with Crippen LogP contribution in [0.5, 0.6) is 0 Å². The summed E-state index contributed by atoms with van der Waals surface area (Å²) < 4.78 is 0. The van der Waals surface area contributed by atoms with E-state index in [9.17, 15) is 0 Å². The number of hydrogen-bond acceptors (Lipinski definition) is 0. The molecule has 0 spiro atoms. The average molecular weight is 184 g/mol. The van der Waals surface area contributed by atoms with Crippen molar-refractivity contribution >= 4 is 0 Å². The molecular weight excluding hydrogens is 168 g/mol. The Kier molecular flexibility index (Phi) is 3.54. The van der Waals surface area contributed by atoms with E-state index in [0.717, 1.165) is 12.0 Å². The molecule has 0 nitrogen and oxygen atoms in total. The zero-order valence-electron chi connectivity index (χ0n) is 8.88. The number of aryl methyl sites for hydroxylation is 1. The van der Waals surface area contributed by atoms with Crippen molar-refractivity contribution in [2.75, 3.05) is 0 Å². The van der Waals surface area contributed by atoms with E-state index in [-0.39, 0.29) is 0 Å². The van der Waals surface area contributed by atoms with E-state index < -0.39 is 0 Å². The molecule has 0 bridgehead atoms. The first-order valence-electron chi connectivity index (χ1n) is 4.81. The van der Waals surface area contributed by atoms with Crippen molar-refractivity contribution in [1.82, 2.24) is 0 Å². The second kappa shape index (κ2) is 4.67. The smallest absolute Gasteiger partial charge is 0.0192 e. The van der Waals surface area contributed by atoms with Gasteiger partial charge in [0, 0.05) is 12.3 Å². The van der Waals surface area contributed by atoms with Crippen molar-refractivity contribution in [1.29, 1.82) is 0 Å². The van der Waals surface area contributed by atoms with Gasteiger partial charge in [-0.15, -0.1) is 12.3 Å². The monoisotopic (exact) mass is 184 g/mol. The van der Waals surface area contributed by atoms with Gasteiger partial charge in [0.05, 0.1) is 0 Å². The molecule has 0 aliphatic heterocycles. The topological polar surface area (TPSA) is 0 Å². The summed E-state index contributed by atoms with van der Waals surface area (Å²) in [6, 6.07) is 8.34. The lowest BCUT2D eigenvalue weighted by molar-refractivity contribution is 0.820. The van der Waals surface area contributed by atoms with Crippen molar-refractivity contribution in [3.05, 3.63) is 47.5 Å². The molecule has 0 saturated carbocycles. The highest BCUT2D eigenvalue weighted by Gasteiger charge is 2.12. The zero-order valence-corrected chi connectivity index (χ0v) is 8.88. The predicted molar refractivity (Wildman–Crippen MR) is 62.2 cm³/mol. The first-order valence-corrected chi connectivity index (χ1v) is 4.81. The molecule has 0 amide bonds. The fourth-order valence-electron chi connectivity index (χ4n) is 1.65. The molecule has 0 heteroatoms. The molecule has 0 radical (unpaired) electrons. The predicted octanol–water partition coefficient (Wildman–Crippen LogP) is 3.68. The van der Waals surface area contributed by atoms with Crippen LogP contribution in [0, 0.1) is 19.3 Å². The number of allylic oxidation sites excluding steroid dienone is 1. The molecule has 0 aliphatic carbocycles. The Bertz CT molecular complexity index is 366. The number of terminal acetylenes is 1. The van der Waals surface area contributed by atoms with Crippen LogP contribution in [-0.2, 0) is 0 Å². The van der Waals surface area contributed by atoms with Crippen LogP contribution in [0.2, 0.25) is 0 Å². The number of hydrogen-bond donors (Lipinski definition) is 0. The summed E-state index contributed by atoms with van der Waals surface area (Å²) in [5.41, 5.74) is 3.73. The third-order valence-electron chi connectivity index (χ3n) is 2.48. The standard InChI is InChI=1S/C14H16/c1-5-8-13(11(2)3)14-10-7-6-9-12(14)4/h1,6-7,9-10,13H,2,8H2,3-4H3. The van der Waals surface area contributed by atoms with Gasteiger partial charge in [-0.3, -0.25) is 0 Å². The Morgan fingerprint density at radius 2 is 2.14 bits per heavy atom. The van der Waals surface area contributed by atoms with Crippen LogP contribution in [0.1, 0.15) is 30.4 Å². The quantitative estimate of drug-likeness (QED) is 0.496. The van der Waals surface area contributed by atoms with Gasteiger partial charge in [0.1, 0.15) is 0 Å². The third-order valence-corrected chi connectivity index (χ3v) is 2.48. The van der Waals surface area contributed by atoms with Crippen LogP contribution in [0.3, 0.4) is 0 Å². The molecule has 1 atom stereocenters. The van der Waals surface area contributed by atoms with Gasteiger partial charge < -0.3 is 0 Å². The second-order valence-electron chi connectivity index (χ2n) is 3.66. The molecule has 1 aromatic carbocycles. The Hall–Kier alpha value is -1.48. The summed E-state index contributed by atoms with van der Waals surface area (Å²) in [4.78, 5) is 0. The van der Waals surface area contributed by atoms with E-state index in [0.29, 0.717) is 5.92 Å². The Morgan fingerprint density at radius 1 is 1.50 bits per heavy atom. The lowest BCUT2D eigenvalue weighted by Gasteiger charge is -2.16. The molecule has 0 saturated heterocycles. The summed E-state index contributed by atoms with van der Waals surface area (Å²) in [7, 11) is 0. The van der Waals surface area contributed by atoms with Gasteiger partial charge >= 0.3 is 0 Å². The summed E-state index contributed by atoms with van der Waals surface area (Å²) in [6.07, 6.45) is 6.10. The van der Waals surface area contributed by atoms with Crippen LogP contribution < -0.4 is 0 Å². The largest absolute Gasteiger partial charge is 0.120 e. The maximum absolute atomic E-state index is 5.36. The minimum atomic E-state index is 0.307. The van der Waals surface area contributed by atoms with E-state index in [1.165, 1.54) is 11.1 Å². The highest BCUT2D eigenvalue weighted by Crippen LogP contribution is 2.28. The van der Waals surface area contributed by atoms with Crippen LogP contribution in [0.4, 0.5) is 0 Å². The lowest BCUT2D eigenvalue weighted by Crippen LogP contribution is -2.00. The highest BCUT2D eigenvalue weighted by molar-refractivity contribution is 5.35. The lowest BCUT2D eigenvalue weighted by atomic mass is 9.87. The summed E-state index contributed by atoms with van der Waals surface area (Å²) in [5, 5.41) is 0. The van der Waals surface area contributed by atoms with E-state index in [1.54, 1.807) is 0 Å². The van der Waals surface area contributed by atoms with Gasteiger partial charge in [-0.25, -0.2) is 0 Å². The maximum atomic E-state index is 5.36. The van der Waals surface area contributed by atoms with Gasteiger partial charge in [0.15, 0.2) is 0 Å². The molecule has 14 heavy (non-hydrogen) atoms. The van der Waals surface area contributed by atoms with Gasteiger partial charge in [-0.05, 0) is 25.0 Å². The Balaban J connectivity index is 3.06. The third kappa shape index (κ3) is 2.26. The number of rotatable bonds is 3. The molecule has 72 valence electrons. The maximum Gasteiger partial charge on any atom is 0.0192 e. The fourth-order valence-corrected chi connectivity index (χ4v) is 1.65. The summed E-state index contributed by atoms with van der Waals surface area (Å²) >= 11 is 0. The van der Waals surface area contributed by atoms with E-state index in [2.05, 4.69) is 37.6 Å². The fraction of sp³-hybridized carbons (Fsp3) is 0.286. The van der Waals surface area contributed by atoms with Crippen molar-refractivity contribution in [2.45, 2.75) is 26.2 Å².